The van der Waals surface area contributed by atoms with E-state index in [1.165, 1.54) is 11.1 Å². The summed E-state index contributed by atoms with van der Waals surface area (Å²) >= 11 is 0. The summed E-state index contributed by atoms with van der Waals surface area (Å²) in [5.74, 6) is -0.696. The van der Waals surface area contributed by atoms with Crippen molar-refractivity contribution in [3.05, 3.63) is 46.3 Å². The summed E-state index contributed by atoms with van der Waals surface area (Å²) in [5, 5.41) is 30.1. The Morgan fingerprint density at radius 1 is 1.42 bits per heavy atom. The molecule has 0 unspecified atom stereocenters. The first-order valence-corrected chi connectivity index (χ1v) is 8.09. The van der Waals surface area contributed by atoms with E-state index in [0.717, 1.165) is 35.9 Å². The summed E-state index contributed by atoms with van der Waals surface area (Å²) in [7, 11) is 0. The normalized spacial score (nSPS) is 11.2. The highest BCUT2D eigenvalue weighted by Crippen LogP contribution is 2.15. The molecule has 0 aliphatic heterocycles. The summed E-state index contributed by atoms with van der Waals surface area (Å²) in [6.07, 6.45) is 3.47. The lowest BCUT2D eigenvalue weighted by Crippen LogP contribution is -3.06. The number of benzene rings is 1. The van der Waals surface area contributed by atoms with Gasteiger partial charge in [0.25, 0.3) is 5.91 Å². The topological polar surface area (TPSA) is 130 Å². The lowest BCUT2D eigenvalue weighted by molar-refractivity contribution is -0.828. The molecule has 0 saturated heterocycles. The van der Waals surface area contributed by atoms with Gasteiger partial charge in [0, 0.05) is 0 Å². The predicted octanol–water partition coefficient (Wildman–Crippen LogP) is -0.429. The number of carbonyl (C=O) groups excluding carboxylic acids is 1. The molecule has 1 aromatic carbocycles. The third kappa shape index (κ3) is 4.86. The summed E-state index contributed by atoms with van der Waals surface area (Å²) in [6, 6.07) is 5.08. The van der Waals surface area contributed by atoms with Gasteiger partial charge < -0.3 is 10.0 Å². The summed E-state index contributed by atoms with van der Waals surface area (Å²) in [5.41, 5.74) is 3.33. The number of rotatable bonds is 8. The van der Waals surface area contributed by atoms with Gasteiger partial charge in [0.2, 0.25) is 0 Å². The fourth-order valence-corrected chi connectivity index (χ4v) is 2.41. The number of hydrogen-bond donors (Lipinski definition) is 2. The van der Waals surface area contributed by atoms with E-state index in [4.69, 9.17) is 0 Å². The number of nitrogens with zero attached hydrogens (tertiary/aromatic N) is 4. The standard InChI is InChI=1S/C16H20N6O4/c1-3-20(4-2)13-6-5-12(15(23)7-13)8-17-19-16(24)11-21-10-14(9-18-21)22(25)26/h5-10,23H,3-4,11H2,1-2H3,(H,19,24). The van der Waals surface area contributed by atoms with Gasteiger partial charge in [-0.2, -0.15) is 10.2 Å². The van der Waals surface area contributed by atoms with Crippen molar-refractivity contribution in [2.24, 2.45) is 5.10 Å². The Morgan fingerprint density at radius 3 is 2.73 bits per heavy atom. The lowest BCUT2D eigenvalue weighted by atomic mass is 10.2. The Hall–Kier alpha value is -3.27. The number of hydrazone groups is 1. The Labute approximate surface area is 149 Å². The van der Waals surface area contributed by atoms with Gasteiger partial charge in [-0.15, -0.1) is 0 Å². The average Bonchev–Trinajstić information content (AvgIpc) is 3.06. The fraction of sp³-hybridized carbons (Fsp3) is 0.312. The van der Waals surface area contributed by atoms with Gasteiger partial charge in [0.05, 0.1) is 24.2 Å². The van der Waals surface area contributed by atoms with Crippen LogP contribution in [-0.2, 0) is 11.3 Å². The molecule has 0 aliphatic carbocycles. The smallest absolute Gasteiger partial charge is 0.307 e. The van der Waals surface area contributed by atoms with E-state index >= 15 is 0 Å². The molecule has 0 radical (unpaired) electrons. The van der Waals surface area contributed by atoms with E-state index in [2.05, 4.69) is 15.6 Å². The van der Waals surface area contributed by atoms with Gasteiger partial charge in [-0.25, -0.2) is 5.43 Å². The zero-order valence-corrected chi connectivity index (χ0v) is 14.5. The highest BCUT2D eigenvalue weighted by atomic mass is 16.6. The number of hydrogen-bond acceptors (Lipinski definition) is 6. The zero-order chi connectivity index (χ0) is 19.1. The van der Waals surface area contributed by atoms with Gasteiger partial charge in [-0.3, -0.25) is 19.6 Å². The maximum Gasteiger partial charge on any atom is 0.307 e. The minimum Gasteiger partial charge on any atom is -0.872 e. The number of nitro groups is 1. The number of nitrogens with one attached hydrogen (secondary N) is 2. The van der Waals surface area contributed by atoms with Crippen molar-refractivity contribution in [3.63, 3.8) is 0 Å². The van der Waals surface area contributed by atoms with Crippen LogP contribution >= 0.6 is 0 Å². The second kappa shape index (κ2) is 8.72. The molecule has 26 heavy (non-hydrogen) atoms. The summed E-state index contributed by atoms with van der Waals surface area (Å²) in [6.45, 7) is 5.63. The number of aromatic nitrogens is 2. The minimum absolute atomic E-state index is 0.178. The van der Waals surface area contributed by atoms with Gasteiger partial charge in [0.1, 0.15) is 24.6 Å². The maximum absolute atomic E-state index is 12.1. The van der Waals surface area contributed by atoms with Crippen molar-refractivity contribution >= 4 is 23.5 Å². The van der Waals surface area contributed by atoms with Crippen LogP contribution in [0.5, 0.6) is 5.75 Å². The third-order valence-corrected chi connectivity index (χ3v) is 3.80. The largest absolute Gasteiger partial charge is 0.872 e. The van der Waals surface area contributed by atoms with E-state index in [1.54, 1.807) is 12.1 Å². The zero-order valence-electron chi connectivity index (χ0n) is 14.5. The van der Waals surface area contributed by atoms with Crippen molar-refractivity contribution in [2.45, 2.75) is 20.4 Å². The molecule has 1 aromatic heterocycles. The second-order valence-electron chi connectivity index (χ2n) is 5.51. The molecule has 1 heterocycles. The Morgan fingerprint density at radius 2 is 2.15 bits per heavy atom. The molecule has 1 amide bonds. The average molecular weight is 360 g/mol. The van der Waals surface area contributed by atoms with E-state index in [0.29, 0.717) is 5.56 Å². The van der Waals surface area contributed by atoms with E-state index in [1.807, 2.05) is 19.9 Å². The quantitative estimate of drug-likeness (QED) is 0.375. The van der Waals surface area contributed by atoms with Gasteiger partial charge in [-0.05, 0) is 37.6 Å². The first-order chi connectivity index (χ1) is 12.4. The minimum atomic E-state index is -0.598. The van der Waals surface area contributed by atoms with Crippen LogP contribution < -0.4 is 15.4 Å². The molecule has 0 fully saturated rings. The number of amides is 1. The molecule has 0 aliphatic rings. The van der Waals surface area contributed by atoms with E-state index in [9.17, 15) is 20.0 Å². The van der Waals surface area contributed by atoms with Crippen LogP contribution in [-0.4, -0.2) is 39.9 Å². The molecule has 2 rings (SSSR count). The molecule has 10 heteroatoms. The monoisotopic (exact) mass is 360 g/mol. The summed E-state index contributed by atoms with van der Waals surface area (Å²) in [4.78, 5) is 22.9. The van der Waals surface area contributed by atoms with Gasteiger partial charge in [-0.1, -0.05) is 5.75 Å². The van der Waals surface area contributed by atoms with Crippen molar-refractivity contribution in [1.82, 2.24) is 15.2 Å². The predicted molar refractivity (Wildman–Crippen MR) is 92.2 cm³/mol. The molecule has 2 aromatic rings. The van der Waals surface area contributed by atoms with Crippen molar-refractivity contribution in [1.29, 1.82) is 0 Å². The second-order valence-corrected chi connectivity index (χ2v) is 5.51. The van der Waals surface area contributed by atoms with Crippen LogP contribution in [0.3, 0.4) is 0 Å². The van der Waals surface area contributed by atoms with Crippen LogP contribution in [0.25, 0.3) is 0 Å². The molecule has 0 atom stereocenters. The Balaban J connectivity index is 1.94. The number of quaternary nitrogens is 1. The Bertz CT molecular complexity index is 813. The fourth-order valence-electron chi connectivity index (χ4n) is 2.41. The number of carbonyl (C=O) groups is 1. The van der Waals surface area contributed by atoms with Gasteiger partial charge in [0.15, 0.2) is 0 Å². The van der Waals surface area contributed by atoms with Crippen molar-refractivity contribution < 1.29 is 19.7 Å². The molecule has 0 spiro atoms. The molecular weight excluding hydrogens is 340 g/mol. The molecule has 2 N–H and O–H groups in total. The SMILES string of the molecule is CC[NH+](CC)c1ccc(C=NNC(=O)Cn2cc([N+](=O)[O-])cn2)c([O-])c1. The van der Waals surface area contributed by atoms with Crippen LogP contribution in [0, 0.1) is 10.1 Å². The van der Waals surface area contributed by atoms with E-state index in [-0.39, 0.29) is 18.0 Å². The molecule has 10 nitrogen and oxygen atoms in total. The maximum atomic E-state index is 12.1. The van der Waals surface area contributed by atoms with Crippen molar-refractivity contribution in [3.8, 4) is 5.75 Å². The van der Waals surface area contributed by atoms with Crippen LogP contribution in [0.15, 0.2) is 35.7 Å². The summed E-state index contributed by atoms with van der Waals surface area (Å²) < 4.78 is 1.13. The van der Waals surface area contributed by atoms with Crippen LogP contribution in [0.4, 0.5) is 11.4 Å². The first kappa shape index (κ1) is 19.1. The highest BCUT2D eigenvalue weighted by Gasteiger charge is 2.11. The molecular formula is C16H20N6O4. The molecule has 0 saturated carbocycles. The van der Waals surface area contributed by atoms with E-state index < -0.39 is 10.8 Å². The first-order valence-electron chi connectivity index (χ1n) is 8.09. The van der Waals surface area contributed by atoms with Crippen LogP contribution in [0.2, 0.25) is 0 Å². The van der Waals surface area contributed by atoms with Crippen molar-refractivity contribution in [2.75, 3.05) is 13.1 Å². The highest BCUT2D eigenvalue weighted by molar-refractivity contribution is 5.85. The van der Waals surface area contributed by atoms with Crippen LogP contribution in [0.1, 0.15) is 19.4 Å². The lowest BCUT2D eigenvalue weighted by Gasteiger charge is -2.18. The third-order valence-electron chi connectivity index (χ3n) is 3.80. The molecule has 0 bridgehead atoms. The Kier molecular flexibility index (Phi) is 6.39. The van der Waals surface area contributed by atoms with Gasteiger partial charge >= 0.3 is 5.69 Å². The molecule has 138 valence electrons.